The fourth-order valence-corrected chi connectivity index (χ4v) is 5.44. The molecule has 5 unspecified atom stereocenters. The normalized spacial score (nSPS) is 27.4. The summed E-state index contributed by atoms with van der Waals surface area (Å²) in [6.45, 7) is 1.95. The van der Waals surface area contributed by atoms with E-state index in [0.717, 1.165) is 17.5 Å². The highest BCUT2D eigenvalue weighted by molar-refractivity contribution is 6.07. The summed E-state index contributed by atoms with van der Waals surface area (Å²) in [5, 5.41) is 2.89. The molecule has 3 amide bonds. The molecule has 5 heteroatoms. The number of fused-ring (bicyclic) bond motifs is 5. The average molecular weight is 400 g/mol. The van der Waals surface area contributed by atoms with E-state index in [9.17, 15) is 14.4 Å². The first-order chi connectivity index (χ1) is 14.5. The molecule has 2 fully saturated rings. The summed E-state index contributed by atoms with van der Waals surface area (Å²) in [6.07, 6.45) is 5.11. The fraction of sp³-hybridized carbons (Fsp3) is 0.320. The molecule has 5 rings (SSSR count). The van der Waals surface area contributed by atoms with Gasteiger partial charge in [-0.1, -0.05) is 54.6 Å². The van der Waals surface area contributed by atoms with Crippen molar-refractivity contribution < 1.29 is 14.4 Å². The highest BCUT2D eigenvalue weighted by atomic mass is 16.2. The topological polar surface area (TPSA) is 66.5 Å². The average Bonchev–Trinajstić information content (AvgIpc) is 3.42. The Balaban J connectivity index is 1.46. The number of rotatable bonds is 5. The van der Waals surface area contributed by atoms with Crippen molar-refractivity contribution in [3.63, 3.8) is 0 Å². The minimum Gasteiger partial charge on any atom is -0.326 e. The van der Waals surface area contributed by atoms with Gasteiger partial charge in [-0.05, 0) is 48.4 Å². The van der Waals surface area contributed by atoms with Crippen LogP contribution < -0.4 is 5.32 Å². The lowest BCUT2D eigenvalue weighted by molar-refractivity contribution is -0.144. The number of imide groups is 1. The summed E-state index contributed by atoms with van der Waals surface area (Å²) in [4.78, 5) is 41.1. The van der Waals surface area contributed by atoms with Crippen LogP contribution in [0.5, 0.6) is 0 Å². The number of hydrogen-bond donors (Lipinski definition) is 1. The Bertz CT molecular complexity index is 1020. The van der Waals surface area contributed by atoms with Crippen molar-refractivity contribution in [2.45, 2.75) is 25.8 Å². The van der Waals surface area contributed by atoms with Gasteiger partial charge in [-0.15, -0.1) is 0 Å². The standard InChI is InChI=1S/C25H24N2O3/c1-15-7-5-6-10-19(15)20(14-21(28)26-18-8-3-2-4-9-18)27-24(29)22-16-11-12-17(13-16)23(22)25(27)30/h2-12,16-17,20,22-23H,13-14H2,1H3,(H,26,28). The van der Waals surface area contributed by atoms with Crippen LogP contribution in [-0.2, 0) is 14.4 Å². The van der Waals surface area contributed by atoms with Gasteiger partial charge in [0.25, 0.3) is 0 Å². The van der Waals surface area contributed by atoms with Gasteiger partial charge in [0, 0.05) is 5.69 Å². The third-order valence-corrected chi connectivity index (χ3v) is 6.80. The molecule has 1 N–H and O–H groups in total. The molecule has 30 heavy (non-hydrogen) atoms. The molecule has 2 aromatic carbocycles. The lowest BCUT2D eigenvalue weighted by Gasteiger charge is -2.29. The Morgan fingerprint density at radius 3 is 2.20 bits per heavy atom. The highest BCUT2D eigenvalue weighted by Gasteiger charge is 2.60. The van der Waals surface area contributed by atoms with Crippen molar-refractivity contribution in [2.75, 3.05) is 5.32 Å². The maximum Gasteiger partial charge on any atom is 0.234 e. The summed E-state index contributed by atoms with van der Waals surface area (Å²) in [6, 6.07) is 16.3. The molecule has 2 bridgehead atoms. The van der Waals surface area contributed by atoms with Crippen molar-refractivity contribution in [1.29, 1.82) is 0 Å². The number of likely N-dealkylation sites (tertiary alicyclic amines) is 1. The molecule has 5 atom stereocenters. The molecular formula is C25H24N2O3. The molecule has 0 spiro atoms. The van der Waals surface area contributed by atoms with Crippen LogP contribution in [0.4, 0.5) is 5.69 Å². The molecule has 2 aliphatic carbocycles. The summed E-state index contributed by atoms with van der Waals surface area (Å²) < 4.78 is 0. The number of hydrogen-bond acceptors (Lipinski definition) is 3. The van der Waals surface area contributed by atoms with E-state index in [-0.39, 0.29) is 47.8 Å². The molecule has 1 saturated heterocycles. The number of carbonyl (C=O) groups is 3. The van der Waals surface area contributed by atoms with Crippen molar-refractivity contribution in [2.24, 2.45) is 23.7 Å². The molecule has 0 aromatic heterocycles. The summed E-state index contributed by atoms with van der Waals surface area (Å²) >= 11 is 0. The van der Waals surface area contributed by atoms with Crippen LogP contribution in [0.3, 0.4) is 0 Å². The number of nitrogens with zero attached hydrogens (tertiary/aromatic N) is 1. The molecule has 1 saturated carbocycles. The van der Waals surface area contributed by atoms with E-state index < -0.39 is 6.04 Å². The third kappa shape index (κ3) is 2.96. The van der Waals surface area contributed by atoms with Gasteiger partial charge in [0.2, 0.25) is 17.7 Å². The quantitative estimate of drug-likeness (QED) is 0.612. The molecule has 2 aromatic rings. The number of allylic oxidation sites excluding steroid dienone is 2. The molecule has 152 valence electrons. The zero-order valence-corrected chi connectivity index (χ0v) is 16.8. The van der Waals surface area contributed by atoms with Crippen molar-refractivity contribution in [1.82, 2.24) is 4.90 Å². The Morgan fingerprint density at radius 2 is 1.57 bits per heavy atom. The largest absolute Gasteiger partial charge is 0.326 e. The van der Waals surface area contributed by atoms with E-state index >= 15 is 0 Å². The Morgan fingerprint density at radius 1 is 0.967 bits per heavy atom. The molecule has 1 aliphatic heterocycles. The first-order valence-electron chi connectivity index (χ1n) is 10.5. The second-order valence-corrected chi connectivity index (χ2v) is 8.54. The molecule has 0 radical (unpaired) electrons. The van der Waals surface area contributed by atoms with Crippen molar-refractivity contribution in [3.8, 4) is 0 Å². The van der Waals surface area contributed by atoms with E-state index in [0.29, 0.717) is 5.69 Å². The van der Waals surface area contributed by atoms with E-state index in [1.54, 1.807) is 0 Å². The van der Waals surface area contributed by atoms with Crippen LogP contribution in [0, 0.1) is 30.6 Å². The van der Waals surface area contributed by atoms with Crippen LogP contribution in [0.1, 0.15) is 30.0 Å². The van der Waals surface area contributed by atoms with Gasteiger partial charge < -0.3 is 5.32 Å². The van der Waals surface area contributed by atoms with E-state index in [1.165, 1.54) is 4.90 Å². The van der Waals surface area contributed by atoms with Gasteiger partial charge in [-0.2, -0.15) is 0 Å². The zero-order chi connectivity index (χ0) is 20.8. The number of para-hydroxylation sites is 1. The van der Waals surface area contributed by atoms with E-state index in [1.807, 2.05) is 61.5 Å². The van der Waals surface area contributed by atoms with E-state index in [4.69, 9.17) is 0 Å². The lowest BCUT2D eigenvalue weighted by Crippen LogP contribution is -2.38. The molecule has 5 nitrogen and oxygen atoms in total. The van der Waals surface area contributed by atoms with Crippen molar-refractivity contribution in [3.05, 3.63) is 77.9 Å². The van der Waals surface area contributed by atoms with Crippen LogP contribution in [0.25, 0.3) is 0 Å². The van der Waals surface area contributed by atoms with Gasteiger partial charge in [0.1, 0.15) is 0 Å². The van der Waals surface area contributed by atoms with Crippen LogP contribution >= 0.6 is 0 Å². The maximum absolute atomic E-state index is 13.4. The SMILES string of the molecule is Cc1ccccc1C(CC(=O)Nc1ccccc1)N1C(=O)C2C3C=CC(C3)C2C1=O. The van der Waals surface area contributed by atoms with Gasteiger partial charge in [-0.25, -0.2) is 0 Å². The lowest BCUT2D eigenvalue weighted by atomic mass is 9.85. The minimum atomic E-state index is -0.597. The Hall–Kier alpha value is -3.21. The predicted octanol–water partition coefficient (Wildman–Crippen LogP) is 3.87. The smallest absolute Gasteiger partial charge is 0.234 e. The third-order valence-electron chi connectivity index (χ3n) is 6.80. The first kappa shape index (κ1) is 18.8. The van der Waals surface area contributed by atoms with Gasteiger partial charge >= 0.3 is 0 Å². The van der Waals surface area contributed by atoms with E-state index in [2.05, 4.69) is 17.5 Å². The number of amides is 3. The number of anilines is 1. The van der Waals surface area contributed by atoms with Crippen LogP contribution in [0.2, 0.25) is 0 Å². The Kier molecular flexibility index (Phi) is 4.54. The van der Waals surface area contributed by atoms with Gasteiger partial charge in [-0.3, -0.25) is 19.3 Å². The van der Waals surface area contributed by atoms with Crippen molar-refractivity contribution >= 4 is 23.4 Å². The summed E-state index contributed by atoms with van der Waals surface area (Å²) in [5.74, 6) is -0.694. The fourth-order valence-electron chi connectivity index (χ4n) is 5.44. The number of carbonyl (C=O) groups excluding carboxylic acids is 3. The van der Waals surface area contributed by atoms with Crippen LogP contribution in [-0.4, -0.2) is 22.6 Å². The summed E-state index contributed by atoms with van der Waals surface area (Å²) in [5.41, 5.74) is 2.51. The zero-order valence-electron chi connectivity index (χ0n) is 16.8. The monoisotopic (exact) mass is 400 g/mol. The molecule has 3 aliphatic rings. The minimum absolute atomic E-state index is 0.0411. The van der Waals surface area contributed by atoms with Crippen LogP contribution in [0.15, 0.2) is 66.7 Å². The number of benzene rings is 2. The van der Waals surface area contributed by atoms with Gasteiger partial charge in [0.05, 0.1) is 24.3 Å². The number of nitrogens with one attached hydrogen (secondary N) is 1. The summed E-state index contributed by atoms with van der Waals surface area (Å²) in [7, 11) is 0. The second-order valence-electron chi connectivity index (χ2n) is 8.54. The first-order valence-corrected chi connectivity index (χ1v) is 10.5. The molecular weight excluding hydrogens is 376 g/mol. The second kappa shape index (κ2) is 7.24. The highest BCUT2D eigenvalue weighted by Crippen LogP contribution is 2.54. The number of aryl methyl sites for hydroxylation is 1. The van der Waals surface area contributed by atoms with Gasteiger partial charge in [0.15, 0.2) is 0 Å². The Labute approximate surface area is 175 Å². The predicted molar refractivity (Wildman–Crippen MR) is 113 cm³/mol. The molecule has 1 heterocycles. The maximum atomic E-state index is 13.4.